The second kappa shape index (κ2) is 9.32. The third kappa shape index (κ3) is 4.66. The second-order valence-corrected chi connectivity index (χ2v) is 6.92. The van der Waals surface area contributed by atoms with Crippen LogP contribution in [0.4, 0.5) is 5.69 Å². The SMILES string of the molecule is CCOc1ccc(C(c2ccc(OCC)cc2)c2ccc(N(C)C)cc2)cc1. The van der Waals surface area contributed by atoms with Gasteiger partial charge in [0.15, 0.2) is 0 Å². The monoisotopic (exact) mass is 375 g/mol. The van der Waals surface area contributed by atoms with E-state index < -0.39 is 0 Å². The van der Waals surface area contributed by atoms with E-state index in [-0.39, 0.29) is 5.92 Å². The van der Waals surface area contributed by atoms with Crippen molar-refractivity contribution in [3.05, 3.63) is 89.5 Å². The summed E-state index contributed by atoms with van der Waals surface area (Å²) in [5.41, 5.74) is 4.94. The molecule has 0 heterocycles. The van der Waals surface area contributed by atoms with Crippen LogP contribution in [0.3, 0.4) is 0 Å². The fourth-order valence-electron chi connectivity index (χ4n) is 3.39. The molecule has 3 aromatic rings. The standard InChI is InChI=1S/C25H29NO2/c1-5-27-23-15-9-20(10-16-23)25(19-7-13-22(14-8-19)26(3)4)21-11-17-24(18-12-21)28-6-2/h7-18,25H,5-6H2,1-4H3. The van der Waals surface area contributed by atoms with Crippen molar-refractivity contribution in [2.75, 3.05) is 32.2 Å². The maximum atomic E-state index is 5.61. The summed E-state index contributed by atoms with van der Waals surface area (Å²) >= 11 is 0. The van der Waals surface area contributed by atoms with Gasteiger partial charge in [-0.25, -0.2) is 0 Å². The van der Waals surface area contributed by atoms with Gasteiger partial charge in [-0.2, -0.15) is 0 Å². The van der Waals surface area contributed by atoms with Crippen LogP contribution in [0.15, 0.2) is 72.8 Å². The molecule has 0 radical (unpaired) electrons. The molecule has 3 rings (SSSR count). The number of ether oxygens (including phenoxy) is 2. The lowest BCUT2D eigenvalue weighted by Crippen LogP contribution is -2.09. The molecule has 0 saturated heterocycles. The zero-order valence-corrected chi connectivity index (χ0v) is 17.2. The zero-order valence-electron chi connectivity index (χ0n) is 17.2. The first-order valence-electron chi connectivity index (χ1n) is 9.85. The Morgan fingerprint density at radius 1 is 0.607 bits per heavy atom. The lowest BCUT2D eigenvalue weighted by molar-refractivity contribution is 0.340. The molecule has 3 aromatic carbocycles. The van der Waals surface area contributed by atoms with Gasteiger partial charge in [-0.15, -0.1) is 0 Å². The van der Waals surface area contributed by atoms with Crippen LogP contribution >= 0.6 is 0 Å². The van der Waals surface area contributed by atoms with Crippen molar-refractivity contribution in [2.24, 2.45) is 0 Å². The Morgan fingerprint density at radius 2 is 0.964 bits per heavy atom. The highest BCUT2D eigenvalue weighted by atomic mass is 16.5. The van der Waals surface area contributed by atoms with Crippen molar-refractivity contribution < 1.29 is 9.47 Å². The molecule has 0 atom stereocenters. The van der Waals surface area contributed by atoms with E-state index in [9.17, 15) is 0 Å². The highest BCUT2D eigenvalue weighted by Crippen LogP contribution is 2.34. The number of anilines is 1. The molecular weight excluding hydrogens is 346 g/mol. The van der Waals surface area contributed by atoms with E-state index in [2.05, 4.69) is 91.8 Å². The number of rotatable bonds is 8. The predicted octanol–water partition coefficient (Wildman–Crippen LogP) is 5.73. The van der Waals surface area contributed by atoms with E-state index in [1.165, 1.54) is 22.4 Å². The van der Waals surface area contributed by atoms with Crippen molar-refractivity contribution in [3.8, 4) is 11.5 Å². The summed E-state index contributed by atoms with van der Waals surface area (Å²) in [6.07, 6.45) is 0. The van der Waals surface area contributed by atoms with Gasteiger partial charge in [0.25, 0.3) is 0 Å². The molecule has 0 unspecified atom stereocenters. The van der Waals surface area contributed by atoms with Gasteiger partial charge < -0.3 is 14.4 Å². The average molecular weight is 376 g/mol. The highest BCUT2D eigenvalue weighted by Gasteiger charge is 2.17. The van der Waals surface area contributed by atoms with Crippen LogP contribution in [0.1, 0.15) is 36.5 Å². The molecular formula is C25H29NO2. The number of benzene rings is 3. The summed E-state index contributed by atoms with van der Waals surface area (Å²) in [6.45, 7) is 5.35. The molecule has 0 amide bonds. The van der Waals surface area contributed by atoms with Crippen molar-refractivity contribution in [1.82, 2.24) is 0 Å². The highest BCUT2D eigenvalue weighted by molar-refractivity contribution is 5.51. The lowest BCUT2D eigenvalue weighted by atomic mass is 9.85. The third-order valence-electron chi connectivity index (χ3n) is 4.79. The van der Waals surface area contributed by atoms with E-state index in [0.29, 0.717) is 13.2 Å². The smallest absolute Gasteiger partial charge is 0.119 e. The van der Waals surface area contributed by atoms with E-state index in [1.807, 2.05) is 13.8 Å². The number of hydrogen-bond donors (Lipinski definition) is 0. The quantitative estimate of drug-likeness (QED) is 0.469. The van der Waals surface area contributed by atoms with Gasteiger partial charge in [0.2, 0.25) is 0 Å². The zero-order chi connectivity index (χ0) is 19.9. The fraction of sp³-hybridized carbons (Fsp3) is 0.280. The van der Waals surface area contributed by atoms with Crippen LogP contribution in [0.25, 0.3) is 0 Å². The molecule has 0 N–H and O–H groups in total. The first kappa shape index (κ1) is 19.8. The summed E-state index contributed by atoms with van der Waals surface area (Å²) in [7, 11) is 4.12. The molecule has 0 spiro atoms. The Bertz CT molecular complexity index is 803. The first-order chi connectivity index (χ1) is 13.6. The van der Waals surface area contributed by atoms with Gasteiger partial charge in [-0.05, 0) is 66.9 Å². The minimum absolute atomic E-state index is 0.155. The van der Waals surface area contributed by atoms with Crippen LogP contribution in [-0.2, 0) is 0 Å². The largest absolute Gasteiger partial charge is 0.494 e. The molecule has 0 aromatic heterocycles. The number of nitrogens with zero attached hydrogens (tertiary/aromatic N) is 1. The average Bonchev–Trinajstić information content (AvgIpc) is 2.72. The van der Waals surface area contributed by atoms with Gasteiger partial charge in [-0.1, -0.05) is 36.4 Å². The molecule has 0 aliphatic rings. The first-order valence-corrected chi connectivity index (χ1v) is 9.85. The third-order valence-corrected chi connectivity index (χ3v) is 4.79. The van der Waals surface area contributed by atoms with Gasteiger partial charge >= 0.3 is 0 Å². The van der Waals surface area contributed by atoms with Crippen LogP contribution < -0.4 is 14.4 Å². The minimum Gasteiger partial charge on any atom is -0.494 e. The van der Waals surface area contributed by atoms with Crippen LogP contribution in [0.5, 0.6) is 11.5 Å². The summed E-state index contributed by atoms with van der Waals surface area (Å²) in [5.74, 6) is 1.96. The second-order valence-electron chi connectivity index (χ2n) is 6.92. The van der Waals surface area contributed by atoms with Gasteiger partial charge in [0, 0.05) is 25.7 Å². The van der Waals surface area contributed by atoms with Crippen LogP contribution in [-0.4, -0.2) is 27.3 Å². The van der Waals surface area contributed by atoms with E-state index in [1.54, 1.807) is 0 Å². The van der Waals surface area contributed by atoms with E-state index in [4.69, 9.17) is 9.47 Å². The van der Waals surface area contributed by atoms with Crippen LogP contribution in [0, 0.1) is 0 Å². The van der Waals surface area contributed by atoms with Crippen LogP contribution in [0.2, 0.25) is 0 Å². The molecule has 3 heteroatoms. The minimum atomic E-state index is 0.155. The number of hydrogen-bond acceptors (Lipinski definition) is 3. The Balaban J connectivity index is 1.99. The van der Waals surface area contributed by atoms with Crippen molar-refractivity contribution in [3.63, 3.8) is 0 Å². The fourth-order valence-corrected chi connectivity index (χ4v) is 3.39. The van der Waals surface area contributed by atoms with E-state index in [0.717, 1.165) is 11.5 Å². The molecule has 146 valence electrons. The van der Waals surface area contributed by atoms with E-state index >= 15 is 0 Å². The molecule has 0 aliphatic carbocycles. The predicted molar refractivity (Wildman–Crippen MR) is 117 cm³/mol. The lowest BCUT2D eigenvalue weighted by Gasteiger charge is -2.21. The Hall–Kier alpha value is -2.94. The topological polar surface area (TPSA) is 21.7 Å². The summed E-state index contributed by atoms with van der Waals surface area (Å²) in [6, 6.07) is 25.6. The van der Waals surface area contributed by atoms with Crippen molar-refractivity contribution >= 4 is 5.69 Å². The summed E-state index contributed by atoms with van der Waals surface area (Å²) in [4.78, 5) is 2.12. The van der Waals surface area contributed by atoms with Gasteiger partial charge in [-0.3, -0.25) is 0 Å². The van der Waals surface area contributed by atoms with Gasteiger partial charge in [0.05, 0.1) is 13.2 Å². The Kier molecular flexibility index (Phi) is 6.59. The summed E-state index contributed by atoms with van der Waals surface area (Å²) in [5, 5.41) is 0. The molecule has 0 bridgehead atoms. The van der Waals surface area contributed by atoms with Crippen molar-refractivity contribution in [1.29, 1.82) is 0 Å². The van der Waals surface area contributed by atoms with Crippen molar-refractivity contribution in [2.45, 2.75) is 19.8 Å². The Morgan fingerprint density at radius 3 is 1.29 bits per heavy atom. The molecule has 3 nitrogen and oxygen atoms in total. The normalized spacial score (nSPS) is 10.8. The molecule has 0 fully saturated rings. The molecule has 0 aliphatic heterocycles. The maximum Gasteiger partial charge on any atom is 0.119 e. The molecule has 0 saturated carbocycles. The molecule has 28 heavy (non-hydrogen) atoms. The van der Waals surface area contributed by atoms with Gasteiger partial charge in [0.1, 0.15) is 11.5 Å². The summed E-state index contributed by atoms with van der Waals surface area (Å²) < 4.78 is 11.2. The maximum absolute atomic E-state index is 5.61. The Labute approximate surface area is 168 Å².